The number of nitrogens with zero attached hydrogens (tertiary/aromatic N) is 1. The van der Waals surface area contributed by atoms with Gasteiger partial charge in [-0.1, -0.05) is 12.1 Å². The summed E-state index contributed by atoms with van der Waals surface area (Å²) in [5, 5.41) is 3.40. The van der Waals surface area contributed by atoms with Crippen LogP contribution >= 0.6 is 0 Å². The van der Waals surface area contributed by atoms with E-state index >= 15 is 0 Å². The van der Waals surface area contributed by atoms with Crippen LogP contribution in [-0.4, -0.2) is 41.1 Å². The number of rotatable bonds is 5. The lowest BCUT2D eigenvalue weighted by molar-refractivity contribution is -0.0586. The maximum atomic E-state index is 12.6. The fraction of sp³-hybridized carbons (Fsp3) is 0.421. The molecular formula is C19H25N3O2. The molecule has 1 amide bonds. The Balaban J connectivity index is 1.54. The van der Waals surface area contributed by atoms with Crippen molar-refractivity contribution in [3.8, 4) is 0 Å². The Bertz CT molecular complexity index is 642. The molecule has 1 aliphatic rings. The Kier molecular flexibility index (Phi) is 5.33. The van der Waals surface area contributed by atoms with Gasteiger partial charge in [0, 0.05) is 44.1 Å². The molecule has 0 bridgehead atoms. The zero-order valence-corrected chi connectivity index (χ0v) is 14.3. The number of morpholine rings is 1. The summed E-state index contributed by atoms with van der Waals surface area (Å²) in [6.45, 7) is 6.94. The Morgan fingerprint density at radius 2 is 1.79 bits per heavy atom. The highest BCUT2D eigenvalue weighted by Crippen LogP contribution is 2.15. The van der Waals surface area contributed by atoms with Gasteiger partial charge in [0.25, 0.3) is 5.91 Å². The summed E-state index contributed by atoms with van der Waals surface area (Å²) < 4.78 is 5.69. The normalized spacial score (nSPS) is 21.0. The van der Waals surface area contributed by atoms with E-state index in [0.29, 0.717) is 13.1 Å². The standard InChI is InChI=1S/C19H25N3O2/c1-14-12-22(13-15(2)24-14)19(23)18-5-3-16(4-6-18)9-21-11-17-7-8-20-10-17/h3-8,10,14-15,20-21H,9,11-13H2,1-2H3. The molecule has 128 valence electrons. The highest BCUT2D eigenvalue weighted by atomic mass is 16.5. The molecule has 2 aromatic rings. The number of benzene rings is 1. The van der Waals surface area contributed by atoms with E-state index in [1.807, 2.05) is 55.4 Å². The zero-order chi connectivity index (χ0) is 16.9. The van der Waals surface area contributed by atoms with Crippen molar-refractivity contribution < 1.29 is 9.53 Å². The van der Waals surface area contributed by atoms with Gasteiger partial charge in [-0.3, -0.25) is 4.79 Å². The van der Waals surface area contributed by atoms with Gasteiger partial charge in [-0.05, 0) is 43.2 Å². The van der Waals surface area contributed by atoms with Crippen molar-refractivity contribution in [2.45, 2.75) is 39.1 Å². The van der Waals surface area contributed by atoms with Crippen LogP contribution in [0.1, 0.15) is 35.3 Å². The first kappa shape index (κ1) is 16.7. The van der Waals surface area contributed by atoms with E-state index in [1.54, 1.807) is 0 Å². The highest BCUT2D eigenvalue weighted by molar-refractivity contribution is 5.94. The lowest BCUT2D eigenvalue weighted by Crippen LogP contribution is -2.48. The van der Waals surface area contributed by atoms with E-state index in [2.05, 4.69) is 16.4 Å². The Hall–Kier alpha value is -2.11. The lowest BCUT2D eigenvalue weighted by atomic mass is 10.1. The third kappa shape index (κ3) is 4.24. The smallest absolute Gasteiger partial charge is 0.254 e. The van der Waals surface area contributed by atoms with Crippen LogP contribution in [0.4, 0.5) is 0 Å². The second kappa shape index (κ2) is 7.64. The monoisotopic (exact) mass is 327 g/mol. The molecule has 2 unspecified atom stereocenters. The second-order valence-corrected chi connectivity index (χ2v) is 6.49. The van der Waals surface area contributed by atoms with Crippen LogP contribution in [0.5, 0.6) is 0 Å². The van der Waals surface area contributed by atoms with Crippen LogP contribution in [0.15, 0.2) is 42.7 Å². The molecule has 1 aromatic carbocycles. The van der Waals surface area contributed by atoms with Crippen LogP contribution in [0, 0.1) is 0 Å². The number of carbonyl (C=O) groups excluding carboxylic acids is 1. The largest absolute Gasteiger partial charge is 0.372 e. The average Bonchev–Trinajstić information content (AvgIpc) is 3.07. The summed E-state index contributed by atoms with van der Waals surface area (Å²) in [6.07, 6.45) is 4.09. The van der Waals surface area contributed by atoms with Crippen molar-refractivity contribution in [1.82, 2.24) is 15.2 Å². The van der Waals surface area contributed by atoms with Gasteiger partial charge in [0.1, 0.15) is 0 Å². The number of ether oxygens (including phenoxy) is 1. The maximum Gasteiger partial charge on any atom is 0.254 e. The van der Waals surface area contributed by atoms with E-state index in [0.717, 1.165) is 18.7 Å². The first-order chi connectivity index (χ1) is 11.6. The van der Waals surface area contributed by atoms with Crippen LogP contribution in [-0.2, 0) is 17.8 Å². The predicted molar refractivity (Wildman–Crippen MR) is 93.7 cm³/mol. The summed E-state index contributed by atoms with van der Waals surface area (Å²) in [5.74, 6) is 0.0869. The van der Waals surface area contributed by atoms with Crippen LogP contribution in [0.2, 0.25) is 0 Å². The van der Waals surface area contributed by atoms with E-state index in [9.17, 15) is 4.79 Å². The van der Waals surface area contributed by atoms with Gasteiger partial charge in [-0.15, -0.1) is 0 Å². The fourth-order valence-corrected chi connectivity index (χ4v) is 3.11. The van der Waals surface area contributed by atoms with Gasteiger partial charge >= 0.3 is 0 Å². The number of nitrogens with one attached hydrogen (secondary N) is 2. The van der Waals surface area contributed by atoms with E-state index in [-0.39, 0.29) is 18.1 Å². The van der Waals surface area contributed by atoms with Gasteiger partial charge in [0.15, 0.2) is 0 Å². The maximum absolute atomic E-state index is 12.6. The summed E-state index contributed by atoms with van der Waals surface area (Å²) in [7, 11) is 0. The molecule has 1 fully saturated rings. The molecule has 1 aromatic heterocycles. The van der Waals surface area contributed by atoms with Crippen molar-refractivity contribution in [2.24, 2.45) is 0 Å². The lowest BCUT2D eigenvalue weighted by Gasteiger charge is -2.35. The first-order valence-corrected chi connectivity index (χ1v) is 8.48. The highest BCUT2D eigenvalue weighted by Gasteiger charge is 2.26. The molecule has 2 atom stereocenters. The van der Waals surface area contributed by atoms with Crippen molar-refractivity contribution in [1.29, 1.82) is 0 Å². The molecule has 1 saturated heterocycles. The third-order valence-electron chi connectivity index (χ3n) is 4.23. The van der Waals surface area contributed by atoms with E-state index in [4.69, 9.17) is 4.74 Å². The second-order valence-electron chi connectivity index (χ2n) is 6.49. The van der Waals surface area contributed by atoms with Crippen LogP contribution < -0.4 is 5.32 Å². The molecule has 5 heteroatoms. The summed E-state index contributed by atoms with van der Waals surface area (Å²) >= 11 is 0. The number of aromatic nitrogens is 1. The van der Waals surface area contributed by atoms with Crippen molar-refractivity contribution >= 4 is 5.91 Å². The molecule has 2 heterocycles. The third-order valence-corrected chi connectivity index (χ3v) is 4.23. The summed E-state index contributed by atoms with van der Waals surface area (Å²) in [4.78, 5) is 17.6. The molecule has 5 nitrogen and oxygen atoms in total. The van der Waals surface area contributed by atoms with E-state index in [1.165, 1.54) is 11.1 Å². The minimum absolute atomic E-state index is 0.0869. The quantitative estimate of drug-likeness (QED) is 0.887. The molecule has 24 heavy (non-hydrogen) atoms. The summed E-state index contributed by atoms with van der Waals surface area (Å²) in [6, 6.07) is 9.93. The zero-order valence-electron chi connectivity index (χ0n) is 14.3. The van der Waals surface area contributed by atoms with Crippen molar-refractivity contribution in [3.05, 3.63) is 59.4 Å². The Labute approximate surface area is 143 Å². The van der Waals surface area contributed by atoms with Gasteiger partial charge in [-0.25, -0.2) is 0 Å². The molecule has 0 saturated carbocycles. The van der Waals surface area contributed by atoms with Crippen molar-refractivity contribution in [3.63, 3.8) is 0 Å². The topological polar surface area (TPSA) is 57.4 Å². The van der Waals surface area contributed by atoms with Crippen LogP contribution in [0.3, 0.4) is 0 Å². The average molecular weight is 327 g/mol. The van der Waals surface area contributed by atoms with Gasteiger partial charge in [0.2, 0.25) is 0 Å². The predicted octanol–water partition coefficient (Wildman–Crippen LogP) is 2.55. The first-order valence-electron chi connectivity index (χ1n) is 8.48. The molecular weight excluding hydrogens is 302 g/mol. The molecule has 0 spiro atoms. The molecule has 0 radical (unpaired) electrons. The minimum atomic E-state index is 0.0869. The SMILES string of the molecule is CC1CN(C(=O)c2ccc(CNCc3cc[nH]c3)cc2)CC(C)O1. The van der Waals surface area contributed by atoms with E-state index < -0.39 is 0 Å². The summed E-state index contributed by atoms with van der Waals surface area (Å²) in [5.41, 5.74) is 3.15. The molecule has 0 aliphatic carbocycles. The Morgan fingerprint density at radius 1 is 1.12 bits per heavy atom. The van der Waals surface area contributed by atoms with Gasteiger partial charge < -0.3 is 19.9 Å². The number of hydrogen-bond acceptors (Lipinski definition) is 3. The number of amides is 1. The number of H-pyrrole nitrogens is 1. The van der Waals surface area contributed by atoms with Crippen molar-refractivity contribution in [2.75, 3.05) is 13.1 Å². The number of aromatic amines is 1. The minimum Gasteiger partial charge on any atom is -0.372 e. The fourth-order valence-electron chi connectivity index (χ4n) is 3.11. The molecule has 1 aliphatic heterocycles. The van der Waals surface area contributed by atoms with Crippen LogP contribution in [0.25, 0.3) is 0 Å². The van der Waals surface area contributed by atoms with Gasteiger partial charge in [-0.2, -0.15) is 0 Å². The number of hydrogen-bond donors (Lipinski definition) is 2. The van der Waals surface area contributed by atoms with Gasteiger partial charge in [0.05, 0.1) is 12.2 Å². The Morgan fingerprint density at radius 3 is 2.42 bits per heavy atom. The molecule has 3 rings (SSSR count). The molecule has 2 N–H and O–H groups in total. The number of carbonyl (C=O) groups is 1.